The highest BCUT2D eigenvalue weighted by Crippen LogP contribution is 2.22. The van der Waals surface area contributed by atoms with Gasteiger partial charge in [-0.1, -0.05) is 0 Å². The molecular weight excluding hydrogens is 162 g/mol. The van der Waals surface area contributed by atoms with Crippen LogP contribution in [-0.4, -0.2) is 11.5 Å². The first-order valence-corrected chi connectivity index (χ1v) is 4.48. The Kier molecular flexibility index (Phi) is 2.24. The van der Waals surface area contributed by atoms with Crippen molar-refractivity contribution in [1.29, 1.82) is 5.26 Å². The van der Waals surface area contributed by atoms with Crippen molar-refractivity contribution in [2.75, 3.05) is 6.54 Å². The fraction of sp³-hybridized carbons (Fsp3) is 0.400. The highest BCUT2D eigenvalue weighted by atomic mass is 14.9. The fourth-order valence-electron chi connectivity index (χ4n) is 1.68. The monoisotopic (exact) mass is 173 g/mol. The summed E-state index contributed by atoms with van der Waals surface area (Å²) in [5, 5.41) is 12.1. The number of nitrogens with one attached hydrogen (secondary N) is 1. The van der Waals surface area contributed by atoms with Gasteiger partial charge < -0.3 is 5.32 Å². The standard InChI is InChI=1S/C10H11N3/c11-5-8-4-9(7-12-6-8)10-2-1-3-13-10/h4,6-7,10,13H,1-3H2. The first-order chi connectivity index (χ1) is 6.40. The van der Waals surface area contributed by atoms with E-state index in [0.717, 1.165) is 18.5 Å². The third kappa shape index (κ3) is 1.68. The predicted octanol–water partition coefficient (Wildman–Crippen LogP) is 1.38. The third-order valence-corrected chi connectivity index (χ3v) is 2.35. The molecule has 1 aliphatic heterocycles. The summed E-state index contributed by atoms with van der Waals surface area (Å²) in [6.45, 7) is 1.07. The maximum absolute atomic E-state index is 8.69. The average molecular weight is 173 g/mol. The van der Waals surface area contributed by atoms with Crippen LogP contribution >= 0.6 is 0 Å². The van der Waals surface area contributed by atoms with Gasteiger partial charge in [-0.25, -0.2) is 0 Å². The molecule has 0 bridgehead atoms. The molecule has 1 aromatic heterocycles. The number of aromatic nitrogens is 1. The van der Waals surface area contributed by atoms with E-state index in [9.17, 15) is 0 Å². The Balaban J connectivity index is 2.25. The van der Waals surface area contributed by atoms with Crippen LogP contribution in [-0.2, 0) is 0 Å². The van der Waals surface area contributed by atoms with Gasteiger partial charge in [0.25, 0.3) is 0 Å². The first-order valence-electron chi connectivity index (χ1n) is 4.48. The van der Waals surface area contributed by atoms with Gasteiger partial charge >= 0.3 is 0 Å². The SMILES string of the molecule is N#Cc1cncc(C2CCCN2)c1. The maximum atomic E-state index is 8.69. The molecule has 0 aliphatic carbocycles. The number of pyridine rings is 1. The Morgan fingerprint density at radius 1 is 1.54 bits per heavy atom. The molecule has 1 unspecified atom stereocenters. The van der Waals surface area contributed by atoms with Crippen molar-refractivity contribution in [3.05, 3.63) is 29.6 Å². The molecule has 1 aliphatic rings. The van der Waals surface area contributed by atoms with Gasteiger partial charge in [-0.15, -0.1) is 0 Å². The predicted molar refractivity (Wildman–Crippen MR) is 48.9 cm³/mol. The lowest BCUT2D eigenvalue weighted by Gasteiger charge is -2.09. The highest BCUT2D eigenvalue weighted by Gasteiger charge is 2.16. The zero-order valence-electron chi connectivity index (χ0n) is 7.33. The molecule has 1 saturated heterocycles. The molecule has 0 saturated carbocycles. The molecule has 2 heterocycles. The van der Waals surface area contributed by atoms with E-state index in [4.69, 9.17) is 5.26 Å². The van der Waals surface area contributed by atoms with E-state index in [2.05, 4.69) is 16.4 Å². The second-order valence-corrected chi connectivity index (χ2v) is 3.27. The van der Waals surface area contributed by atoms with Crippen LogP contribution in [0.4, 0.5) is 0 Å². The molecule has 1 atom stereocenters. The molecule has 1 N–H and O–H groups in total. The Labute approximate surface area is 77.4 Å². The largest absolute Gasteiger partial charge is 0.310 e. The van der Waals surface area contributed by atoms with Crippen LogP contribution in [0.2, 0.25) is 0 Å². The lowest BCUT2D eigenvalue weighted by molar-refractivity contribution is 0.645. The van der Waals surface area contributed by atoms with Crippen molar-refractivity contribution in [2.24, 2.45) is 0 Å². The summed E-state index contributed by atoms with van der Waals surface area (Å²) < 4.78 is 0. The van der Waals surface area contributed by atoms with E-state index in [1.807, 2.05) is 12.3 Å². The minimum absolute atomic E-state index is 0.404. The number of rotatable bonds is 1. The lowest BCUT2D eigenvalue weighted by atomic mass is 10.1. The minimum Gasteiger partial charge on any atom is -0.310 e. The van der Waals surface area contributed by atoms with Gasteiger partial charge in [0.1, 0.15) is 6.07 Å². The Hall–Kier alpha value is -1.40. The number of nitriles is 1. The smallest absolute Gasteiger partial charge is 0.101 e. The summed E-state index contributed by atoms with van der Waals surface area (Å²) in [4.78, 5) is 4.04. The van der Waals surface area contributed by atoms with Crippen LogP contribution in [0.25, 0.3) is 0 Å². The van der Waals surface area contributed by atoms with E-state index in [1.54, 1.807) is 6.20 Å². The number of hydrogen-bond acceptors (Lipinski definition) is 3. The third-order valence-electron chi connectivity index (χ3n) is 2.35. The summed E-state index contributed by atoms with van der Waals surface area (Å²) in [7, 11) is 0. The van der Waals surface area contributed by atoms with Gasteiger partial charge in [-0.3, -0.25) is 4.98 Å². The fourth-order valence-corrected chi connectivity index (χ4v) is 1.68. The molecule has 2 rings (SSSR count). The van der Waals surface area contributed by atoms with Crippen molar-refractivity contribution < 1.29 is 0 Å². The maximum Gasteiger partial charge on any atom is 0.101 e. The van der Waals surface area contributed by atoms with E-state index < -0.39 is 0 Å². The van der Waals surface area contributed by atoms with Crippen molar-refractivity contribution in [3.8, 4) is 6.07 Å². The van der Waals surface area contributed by atoms with Gasteiger partial charge in [0, 0.05) is 18.4 Å². The topological polar surface area (TPSA) is 48.7 Å². The van der Waals surface area contributed by atoms with Gasteiger partial charge in [0.2, 0.25) is 0 Å². The normalized spacial score (nSPS) is 21.3. The summed E-state index contributed by atoms with van der Waals surface area (Å²) >= 11 is 0. The first kappa shape index (κ1) is 8.21. The quantitative estimate of drug-likeness (QED) is 0.698. The second-order valence-electron chi connectivity index (χ2n) is 3.27. The van der Waals surface area contributed by atoms with Gasteiger partial charge in [-0.05, 0) is 31.0 Å². The zero-order chi connectivity index (χ0) is 9.10. The zero-order valence-corrected chi connectivity index (χ0v) is 7.33. The molecule has 0 spiro atoms. The van der Waals surface area contributed by atoms with Crippen LogP contribution in [0.5, 0.6) is 0 Å². The Morgan fingerprint density at radius 3 is 3.15 bits per heavy atom. The minimum atomic E-state index is 0.404. The molecule has 66 valence electrons. The van der Waals surface area contributed by atoms with Crippen molar-refractivity contribution in [1.82, 2.24) is 10.3 Å². The van der Waals surface area contributed by atoms with E-state index in [-0.39, 0.29) is 0 Å². The molecule has 1 aromatic rings. The summed E-state index contributed by atoms with van der Waals surface area (Å²) in [5.74, 6) is 0. The van der Waals surface area contributed by atoms with Crippen LogP contribution in [0.15, 0.2) is 18.5 Å². The molecule has 0 amide bonds. The Bertz CT molecular complexity index is 334. The van der Waals surface area contributed by atoms with E-state index in [0.29, 0.717) is 11.6 Å². The number of nitrogens with zero attached hydrogens (tertiary/aromatic N) is 2. The summed E-state index contributed by atoms with van der Waals surface area (Å²) in [6, 6.07) is 4.42. The molecule has 0 radical (unpaired) electrons. The van der Waals surface area contributed by atoms with Crippen molar-refractivity contribution >= 4 is 0 Å². The van der Waals surface area contributed by atoms with Crippen LogP contribution in [0, 0.1) is 11.3 Å². The average Bonchev–Trinajstić information content (AvgIpc) is 2.71. The van der Waals surface area contributed by atoms with E-state index in [1.165, 1.54) is 6.42 Å². The summed E-state index contributed by atoms with van der Waals surface area (Å²) in [5.41, 5.74) is 1.78. The van der Waals surface area contributed by atoms with Crippen molar-refractivity contribution in [2.45, 2.75) is 18.9 Å². The van der Waals surface area contributed by atoms with E-state index >= 15 is 0 Å². The van der Waals surface area contributed by atoms with Gasteiger partial charge in [0.05, 0.1) is 5.56 Å². The number of hydrogen-bond donors (Lipinski definition) is 1. The molecule has 3 nitrogen and oxygen atoms in total. The Morgan fingerprint density at radius 2 is 2.46 bits per heavy atom. The van der Waals surface area contributed by atoms with Crippen LogP contribution in [0.3, 0.4) is 0 Å². The van der Waals surface area contributed by atoms with Gasteiger partial charge in [0.15, 0.2) is 0 Å². The lowest BCUT2D eigenvalue weighted by Crippen LogP contribution is -2.13. The molecule has 1 fully saturated rings. The molecule has 13 heavy (non-hydrogen) atoms. The van der Waals surface area contributed by atoms with Crippen molar-refractivity contribution in [3.63, 3.8) is 0 Å². The molecule has 3 heteroatoms. The second kappa shape index (κ2) is 3.55. The van der Waals surface area contributed by atoms with Gasteiger partial charge in [-0.2, -0.15) is 5.26 Å². The van der Waals surface area contributed by atoms with Crippen LogP contribution in [0.1, 0.15) is 30.0 Å². The highest BCUT2D eigenvalue weighted by molar-refractivity contribution is 5.30. The molecule has 0 aromatic carbocycles. The molecular formula is C10H11N3. The summed E-state index contributed by atoms with van der Waals surface area (Å²) in [6.07, 6.45) is 5.79. The van der Waals surface area contributed by atoms with Crippen LogP contribution < -0.4 is 5.32 Å².